The maximum absolute atomic E-state index is 5.77. The summed E-state index contributed by atoms with van der Waals surface area (Å²) in [6, 6.07) is 10.3. The van der Waals surface area contributed by atoms with Gasteiger partial charge in [0.25, 0.3) is 0 Å². The molecule has 1 fully saturated rings. The highest BCUT2D eigenvalue weighted by atomic mass is 32.1. The van der Waals surface area contributed by atoms with E-state index in [1.165, 1.54) is 40.3 Å². The molecule has 0 aliphatic heterocycles. The van der Waals surface area contributed by atoms with Crippen molar-refractivity contribution in [2.45, 2.75) is 18.8 Å². The van der Waals surface area contributed by atoms with Crippen LogP contribution in [0, 0.1) is 0 Å². The summed E-state index contributed by atoms with van der Waals surface area (Å²) in [6.45, 7) is 0. The first-order valence-corrected chi connectivity index (χ1v) is 8.28. The molecule has 1 aliphatic carbocycles. The molecule has 2 N–H and O–H groups in total. The van der Waals surface area contributed by atoms with E-state index in [2.05, 4.69) is 17.1 Å². The van der Waals surface area contributed by atoms with Gasteiger partial charge in [-0.05, 0) is 12.8 Å². The number of anilines is 1. The minimum atomic E-state index is 0.613. The fourth-order valence-electron chi connectivity index (χ4n) is 2.25. The smallest absolute Gasteiger partial charge is 0.180 e. The summed E-state index contributed by atoms with van der Waals surface area (Å²) in [5, 5.41) is 3.73. The molecule has 3 aromatic rings. The lowest BCUT2D eigenvalue weighted by Gasteiger charge is -1.95. The molecule has 0 unspecified atom stereocenters. The van der Waals surface area contributed by atoms with E-state index in [1.54, 1.807) is 11.3 Å². The summed E-state index contributed by atoms with van der Waals surface area (Å²) in [7, 11) is 0. The van der Waals surface area contributed by atoms with Crippen molar-refractivity contribution in [3.63, 3.8) is 0 Å². The zero-order valence-corrected chi connectivity index (χ0v) is 12.4. The number of thiazole rings is 2. The second-order valence-corrected chi connectivity index (χ2v) is 6.83. The van der Waals surface area contributed by atoms with E-state index in [9.17, 15) is 0 Å². The second-order valence-electron chi connectivity index (χ2n) is 4.94. The molecule has 3 nitrogen and oxygen atoms in total. The van der Waals surface area contributed by atoms with Gasteiger partial charge in [-0.2, -0.15) is 0 Å². The number of nitrogens with zero attached hydrogens (tertiary/aromatic N) is 2. The third kappa shape index (κ3) is 2.13. The minimum absolute atomic E-state index is 0.613. The van der Waals surface area contributed by atoms with Gasteiger partial charge in [-0.15, -0.1) is 22.7 Å². The first kappa shape index (κ1) is 12.1. The molecule has 1 saturated carbocycles. The number of rotatable bonds is 3. The van der Waals surface area contributed by atoms with Crippen molar-refractivity contribution in [2.24, 2.45) is 0 Å². The van der Waals surface area contributed by atoms with Crippen LogP contribution in [0.2, 0.25) is 0 Å². The number of aromatic nitrogens is 2. The number of hydrogen-bond acceptors (Lipinski definition) is 5. The number of nitrogen functional groups attached to an aromatic ring is 1. The van der Waals surface area contributed by atoms with Gasteiger partial charge < -0.3 is 5.73 Å². The van der Waals surface area contributed by atoms with Gasteiger partial charge >= 0.3 is 0 Å². The topological polar surface area (TPSA) is 51.8 Å². The summed E-state index contributed by atoms with van der Waals surface area (Å²) >= 11 is 3.22. The molecule has 20 heavy (non-hydrogen) atoms. The molecule has 4 rings (SSSR count). The minimum Gasteiger partial charge on any atom is -0.375 e. The first-order valence-electron chi connectivity index (χ1n) is 6.59. The SMILES string of the molecule is Nc1nc(-c2sc(-c3ccccc3)nc2C2CC2)cs1. The zero-order valence-electron chi connectivity index (χ0n) is 10.7. The van der Waals surface area contributed by atoms with Crippen LogP contribution in [0.4, 0.5) is 5.13 Å². The molecule has 0 bridgehead atoms. The molecular formula is C15H13N3S2. The van der Waals surface area contributed by atoms with Gasteiger partial charge in [0.05, 0.1) is 16.3 Å². The fourth-order valence-corrected chi connectivity index (χ4v) is 3.99. The van der Waals surface area contributed by atoms with Crippen molar-refractivity contribution in [1.82, 2.24) is 9.97 Å². The lowest BCUT2D eigenvalue weighted by molar-refractivity contribution is 1.05. The third-order valence-electron chi connectivity index (χ3n) is 3.39. The van der Waals surface area contributed by atoms with Gasteiger partial charge in [-0.3, -0.25) is 0 Å². The largest absolute Gasteiger partial charge is 0.375 e. The molecule has 0 amide bonds. The Morgan fingerprint density at radius 3 is 2.55 bits per heavy atom. The molecule has 0 atom stereocenters. The molecule has 1 aromatic carbocycles. The van der Waals surface area contributed by atoms with Crippen molar-refractivity contribution in [3.8, 4) is 21.1 Å². The Bertz CT molecular complexity index is 742. The van der Waals surface area contributed by atoms with E-state index in [1.807, 2.05) is 23.6 Å². The van der Waals surface area contributed by atoms with Gasteiger partial charge in [-0.1, -0.05) is 30.3 Å². The van der Waals surface area contributed by atoms with Gasteiger partial charge in [0.2, 0.25) is 0 Å². The highest BCUT2D eigenvalue weighted by molar-refractivity contribution is 7.19. The molecule has 2 heterocycles. The Hall–Kier alpha value is -1.72. The van der Waals surface area contributed by atoms with Gasteiger partial charge in [0, 0.05) is 16.9 Å². The van der Waals surface area contributed by atoms with Crippen molar-refractivity contribution in [2.75, 3.05) is 5.73 Å². The Kier molecular flexibility index (Phi) is 2.82. The van der Waals surface area contributed by atoms with Crippen molar-refractivity contribution < 1.29 is 0 Å². The van der Waals surface area contributed by atoms with Crippen LogP contribution in [-0.2, 0) is 0 Å². The Balaban J connectivity index is 1.83. The first-order chi connectivity index (χ1) is 9.81. The lowest BCUT2D eigenvalue weighted by Crippen LogP contribution is -1.86. The summed E-state index contributed by atoms with van der Waals surface area (Å²) in [5.41, 5.74) is 9.13. The van der Waals surface area contributed by atoms with Gasteiger partial charge in [0.1, 0.15) is 5.01 Å². The Morgan fingerprint density at radius 1 is 1.10 bits per heavy atom. The summed E-state index contributed by atoms with van der Waals surface area (Å²) in [4.78, 5) is 10.5. The fraction of sp³-hybridized carbons (Fsp3) is 0.200. The second kappa shape index (κ2) is 4.68. The molecule has 0 spiro atoms. The highest BCUT2D eigenvalue weighted by Crippen LogP contribution is 2.47. The van der Waals surface area contributed by atoms with E-state index in [-0.39, 0.29) is 0 Å². The molecule has 5 heteroatoms. The zero-order chi connectivity index (χ0) is 13.5. The van der Waals surface area contributed by atoms with Crippen LogP contribution in [0.1, 0.15) is 24.5 Å². The van der Waals surface area contributed by atoms with Gasteiger partial charge in [0.15, 0.2) is 5.13 Å². The van der Waals surface area contributed by atoms with Crippen molar-refractivity contribution in [3.05, 3.63) is 41.4 Å². The maximum atomic E-state index is 5.77. The highest BCUT2D eigenvalue weighted by Gasteiger charge is 2.31. The van der Waals surface area contributed by atoms with Crippen LogP contribution >= 0.6 is 22.7 Å². The normalized spacial score (nSPS) is 14.6. The van der Waals surface area contributed by atoms with Gasteiger partial charge in [-0.25, -0.2) is 9.97 Å². The molecular weight excluding hydrogens is 286 g/mol. The number of benzene rings is 1. The van der Waals surface area contributed by atoms with Crippen molar-refractivity contribution in [1.29, 1.82) is 0 Å². The summed E-state index contributed by atoms with van der Waals surface area (Å²) in [5.74, 6) is 0.613. The van der Waals surface area contributed by atoms with Crippen LogP contribution in [-0.4, -0.2) is 9.97 Å². The predicted molar refractivity (Wildman–Crippen MR) is 85.0 cm³/mol. The van der Waals surface area contributed by atoms with E-state index >= 15 is 0 Å². The summed E-state index contributed by atoms with van der Waals surface area (Å²) in [6.07, 6.45) is 2.48. The van der Waals surface area contributed by atoms with E-state index in [4.69, 9.17) is 10.7 Å². The van der Waals surface area contributed by atoms with Crippen molar-refractivity contribution >= 4 is 27.8 Å². The predicted octanol–water partition coefficient (Wildman–Crippen LogP) is 4.39. The standard InChI is InChI=1S/C15H13N3S2/c16-15-17-11(8-19-15)13-12(9-6-7-9)18-14(20-13)10-4-2-1-3-5-10/h1-5,8-9H,6-7H2,(H2,16,17). The van der Waals surface area contributed by atoms with Crippen LogP contribution in [0.3, 0.4) is 0 Å². The quantitative estimate of drug-likeness (QED) is 0.780. The maximum Gasteiger partial charge on any atom is 0.180 e. The average Bonchev–Trinajstić information content (AvgIpc) is 3.08. The average molecular weight is 299 g/mol. The van der Waals surface area contributed by atoms with E-state index < -0.39 is 0 Å². The summed E-state index contributed by atoms with van der Waals surface area (Å²) < 4.78 is 0. The van der Waals surface area contributed by atoms with E-state index in [0.717, 1.165) is 10.7 Å². The molecule has 1 aliphatic rings. The van der Waals surface area contributed by atoms with E-state index in [0.29, 0.717) is 11.0 Å². The Labute approximate surface area is 125 Å². The molecule has 100 valence electrons. The Morgan fingerprint density at radius 2 is 1.90 bits per heavy atom. The number of nitrogens with two attached hydrogens (primary N) is 1. The number of hydrogen-bond donors (Lipinski definition) is 1. The molecule has 0 radical (unpaired) electrons. The van der Waals surface area contributed by atoms with Crippen LogP contribution < -0.4 is 5.73 Å². The lowest BCUT2D eigenvalue weighted by atomic mass is 10.2. The molecule has 0 saturated heterocycles. The van der Waals surface area contributed by atoms with Crippen LogP contribution in [0.5, 0.6) is 0 Å². The molecule has 2 aromatic heterocycles. The van der Waals surface area contributed by atoms with Crippen LogP contribution in [0.15, 0.2) is 35.7 Å². The van der Waals surface area contributed by atoms with Crippen LogP contribution in [0.25, 0.3) is 21.1 Å². The third-order valence-corrected chi connectivity index (χ3v) is 5.21. The monoisotopic (exact) mass is 299 g/mol.